The first kappa shape index (κ1) is 12.6. The van der Waals surface area contributed by atoms with Crippen LogP contribution in [0.2, 0.25) is 0 Å². The third-order valence-corrected chi connectivity index (χ3v) is 4.24. The Bertz CT molecular complexity index is 499. The number of ether oxygens (including phenoxy) is 1. The van der Waals surface area contributed by atoms with Crippen LogP contribution in [0, 0.1) is 5.92 Å². The molecule has 2 nitrogen and oxygen atoms in total. The van der Waals surface area contributed by atoms with Crippen LogP contribution in [0.3, 0.4) is 0 Å². The zero-order chi connectivity index (χ0) is 13.7. The fourth-order valence-corrected chi connectivity index (χ4v) is 2.62. The predicted octanol–water partition coefficient (Wildman–Crippen LogP) is 3.39. The van der Waals surface area contributed by atoms with Crippen molar-refractivity contribution in [1.82, 2.24) is 0 Å². The smallest absolute Gasteiger partial charge is 0.316 e. The normalized spacial score (nSPS) is 21.0. The zero-order valence-corrected chi connectivity index (χ0v) is 10.8. The van der Waals surface area contributed by atoms with Crippen LogP contribution in [0.1, 0.15) is 36.8 Å². The molecule has 0 aliphatic heterocycles. The highest BCUT2D eigenvalue weighted by Gasteiger charge is 2.53. The standard InChI is InChI=1S/C15H16F2O2/c1-19-13(18)14(8-9-14)10-2-4-11(5-3-10)15(16,17)12-6-7-12/h2-5,12H,6-9H2,1H3. The van der Waals surface area contributed by atoms with E-state index in [1.165, 1.54) is 19.2 Å². The van der Waals surface area contributed by atoms with Gasteiger partial charge in [-0.05, 0) is 31.2 Å². The molecule has 2 fully saturated rings. The van der Waals surface area contributed by atoms with Crippen molar-refractivity contribution < 1.29 is 18.3 Å². The van der Waals surface area contributed by atoms with Crippen LogP contribution >= 0.6 is 0 Å². The average molecular weight is 266 g/mol. The van der Waals surface area contributed by atoms with Gasteiger partial charge in [-0.3, -0.25) is 4.79 Å². The predicted molar refractivity (Wildman–Crippen MR) is 66.0 cm³/mol. The highest BCUT2D eigenvalue weighted by molar-refractivity contribution is 5.86. The number of halogens is 2. The number of benzene rings is 1. The molecule has 0 bridgehead atoms. The van der Waals surface area contributed by atoms with E-state index in [1.54, 1.807) is 12.1 Å². The Morgan fingerprint density at radius 2 is 1.84 bits per heavy atom. The van der Waals surface area contributed by atoms with E-state index in [4.69, 9.17) is 4.74 Å². The molecule has 3 rings (SSSR count). The number of rotatable bonds is 4. The van der Waals surface area contributed by atoms with Crippen LogP contribution in [-0.4, -0.2) is 13.1 Å². The highest BCUT2D eigenvalue weighted by atomic mass is 19.3. The fourth-order valence-electron chi connectivity index (χ4n) is 2.62. The largest absolute Gasteiger partial charge is 0.468 e. The molecule has 0 saturated heterocycles. The first-order valence-electron chi connectivity index (χ1n) is 6.58. The van der Waals surface area contributed by atoms with Gasteiger partial charge < -0.3 is 4.74 Å². The molecular formula is C15H16F2O2. The maximum absolute atomic E-state index is 13.9. The van der Waals surface area contributed by atoms with Crippen molar-refractivity contribution in [1.29, 1.82) is 0 Å². The number of alkyl halides is 2. The second-order valence-electron chi connectivity index (χ2n) is 5.55. The van der Waals surface area contributed by atoms with Gasteiger partial charge in [0.15, 0.2) is 0 Å². The number of hydrogen-bond donors (Lipinski definition) is 0. The number of hydrogen-bond acceptors (Lipinski definition) is 2. The maximum Gasteiger partial charge on any atom is 0.316 e. The molecular weight excluding hydrogens is 250 g/mol. The summed E-state index contributed by atoms with van der Waals surface area (Å²) in [6.45, 7) is 0. The van der Waals surface area contributed by atoms with Crippen molar-refractivity contribution in [2.75, 3.05) is 7.11 Å². The van der Waals surface area contributed by atoms with Crippen LogP contribution in [-0.2, 0) is 20.9 Å². The molecule has 4 heteroatoms. The van der Waals surface area contributed by atoms with Gasteiger partial charge in [-0.25, -0.2) is 8.78 Å². The summed E-state index contributed by atoms with van der Waals surface area (Å²) in [6.07, 6.45) is 2.66. The van der Waals surface area contributed by atoms with Crippen molar-refractivity contribution in [3.05, 3.63) is 35.4 Å². The van der Waals surface area contributed by atoms with Crippen molar-refractivity contribution in [2.24, 2.45) is 5.92 Å². The second-order valence-corrected chi connectivity index (χ2v) is 5.55. The van der Waals surface area contributed by atoms with E-state index in [0.29, 0.717) is 12.8 Å². The second kappa shape index (κ2) is 4.02. The SMILES string of the molecule is COC(=O)C1(c2ccc(C(F)(F)C3CC3)cc2)CC1. The van der Waals surface area contributed by atoms with E-state index in [0.717, 1.165) is 18.4 Å². The highest BCUT2D eigenvalue weighted by Crippen LogP contribution is 2.52. The fraction of sp³-hybridized carbons (Fsp3) is 0.533. The number of carbonyl (C=O) groups is 1. The van der Waals surface area contributed by atoms with Gasteiger partial charge in [0.25, 0.3) is 5.92 Å². The van der Waals surface area contributed by atoms with Crippen molar-refractivity contribution in [3.8, 4) is 0 Å². The number of methoxy groups -OCH3 is 1. The van der Waals surface area contributed by atoms with Gasteiger partial charge in [0.2, 0.25) is 0 Å². The molecule has 0 radical (unpaired) electrons. The number of esters is 1. The molecule has 0 heterocycles. The first-order valence-corrected chi connectivity index (χ1v) is 6.58. The molecule has 0 N–H and O–H groups in total. The lowest BCUT2D eigenvalue weighted by atomic mass is 9.93. The Labute approximate surface area is 110 Å². The molecule has 19 heavy (non-hydrogen) atoms. The van der Waals surface area contributed by atoms with Gasteiger partial charge >= 0.3 is 5.97 Å². The van der Waals surface area contributed by atoms with Crippen LogP contribution < -0.4 is 0 Å². The third-order valence-electron chi connectivity index (χ3n) is 4.24. The molecule has 2 aliphatic rings. The van der Waals surface area contributed by atoms with E-state index in [-0.39, 0.29) is 11.5 Å². The Morgan fingerprint density at radius 1 is 1.26 bits per heavy atom. The molecule has 0 amide bonds. The molecule has 2 saturated carbocycles. The lowest BCUT2D eigenvalue weighted by Gasteiger charge is -2.18. The van der Waals surface area contributed by atoms with Crippen LogP contribution in [0.4, 0.5) is 8.78 Å². The Morgan fingerprint density at radius 3 is 2.26 bits per heavy atom. The first-order chi connectivity index (χ1) is 9.00. The average Bonchev–Trinajstić information content (AvgIpc) is 3.30. The zero-order valence-electron chi connectivity index (χ0n) is 10.8. The van der Waals surface area contributed by atoms with Crippen LogP contribution in [0.5, 0.6) is 0 Å². The Balaban J connectivity index is 1.85. The van der Waals surface area contributed by atoms with Gasteiger partial charge in [-0.2, -0.15) is 0 Å². The summed E-state index contributed by atoms with van der Waals surface area (Å²) in [6, 6.07) is 6.21. The van der Waals surface area contributed by atoms with Crippen molar-refractivity contribution in [3.63, 3.8) is 0 Å². The molecule has 0 spiro atoms. The molecule has 0 unspecified atom stereocenters. The topological polar surface area (TPSA) is 26.3 Å². The minimum absolute atomic E-state index is 0.0550. The monoisotopic (exact) mass is 266 g/mol. The minimum Gasteiger partial charge on any atom is -0.468 e. The van der Waals surface area contributed by atoms with Crippen molar-refractivity contribution >= 4 is 5.97 Å². The van der Waals surface area contributed by atoms with E-state index in [2.05, 4.69) is 0 Å². The van der Waals surface area contributed by atoms with E-state index < -0.39 is 17.3 Å². The lowest BCUT2D eigenvalue weighted by Crippen LogP contribution is -2.22. The summed E-state index contributed by atoms with van der Waals surface area (Å²) in [5.74, 6) is -3.51. The Kier molecular flexibility index (Phi) is 2.66. The van der Waals surface area contributed by atoms with Gasteiger partial charge in [0.1, 0.15) is 0 Å². The van der Waals surface area contributed by atoms with Gasteiger partial charge in [0, 0.05) is 11.5 Å². The lowest BCUT2D eigenvalue weighted by molar-refractivity contribution is -0.143. The van der Waals surface area contributed by atoms with Crippen molar-refractivity contribution in [2.45, 2.75) is 37.0 Å². The van der Waals surface area contributed by atoms with Gasteiger partial charge in [-0.15, -0.1) is 0 Å². The van der Waals surface area contributed by atoms with E-state index >= 15 is 0 Å². The van der Waals surface area contributed by atoms with Gasteiger partial charge in [-0.1, -0.05) is 24.3 Å². The summed E-state index contributed by atoms with van der Waals surface area (Å²) in [5, 5.41) is 0. The molecule has 1 aromatic rings. The Hall–Kier alpha value is -1.45. The quantitative estimate of drug-likeness (QED) is 0.781. The van der Waals surface area contributed by atoms with Crippen LogP contribution in [0.25, 0.3) is 0 Å². The molecule has 2 aliphatic carbocycles. The summed E-state index contributed by atoms with van der Waals surface area (Å²) in [4.78, 5) is 11.7. The van der Waals surface area contributed by atoms with E-state index in [1.807, 2.05) is 0 Å². The molecule has 1 aromatic carbocycles. The number of carbonyl (C=O) groups excluding carboxylic acids is 1. The third kappa shape index (κ3) is 1.94. The maximum atomic E-state index is 13.9. The minimum atomic E-state index is -2.74. The van der Waals surface area contributed by atoms with Gasteiger partial charge in [0.05, 0.1) is 12.5 Å². The van der Waals surface area contributed by atoms with Crippen LogP contribution in [0.15, 0.2) is 24.3 Å². The molecule has 102 valence electrons. The summed E-state index contributed by atoms with van der Waals surface area (Å²) >= 11 is 0. The summed E-state index contributed by atoms with van der Waals surface area (Å²) in [5.41, 5.74) is 0.261. The molecule has 0 aromatic heterocycles. The summed E-state index contributed by atoms with van der Waals surface area (Å²) < 4.78 is 32.6. The summed E-state index contributed by atoms with van der Waals surface area (Å²) in [7, 11) is 1.36. The molecule has 0 atom stereocenters. The van der Waals surface area contributed by atoms with E-state index in [9.17, 15) is 13.6 Å².